The van der Waals surface area contributed by atoms with Crippen LogP contribution in [0.3, 0.4) is 0 Å². The quantitative estimate of drug-likeness (QED) is 0.425. The smallest absolute Gasteiger partial charge is 0.550 e. The van der Waals surface area contributed by atoms with Gasteiger partial charge in [-0.05, 0) is 71.9 Å². The molecule has 2 aromatic rings. The molecule has 0 aliphatic heterocycles. The number of benzene rings is 2. The summed E-state index contributed by atoms with van der Waals surface area (Å²) in [6.45, 7) is 19.1. The Kier molecular flexibility index (Phi) is 18.5. The number of aliphatic carboxylic acids is 2. The minimum atomic E-state index is -1.08. The average Bonchev–Trinajstić information content (AvgIpc) is 2.79. The number of phenolic OH excluding ortho intramolecular Hbond substituents is 2. The van der Waals surface area contributed by atoms with Crippen LogP contribution in [0.4, 0.5) is 0 Å². The van der Waals surface area contributed by atoms with Crippen molar-refractivity contribution >= 4 is 24.4 Å². The number of carboxylic acid groups (broad SMARTS) is 2. The summed E-state index contributed by atoms with van der Waals surface area (Å²) in [5.41, 5.74) is 5.68. The van der Waals surface area contributed by atoms with Crippen molar-refractivity contribution in [2.24, 2.45) is 9.98 Å². The molecule has 0 aliphatic carbocycles. The molecule has 0 aliphatic rings. The Morgan fingerprint density at radius 3 is 1.18 bits per heavy atom. The Bertz CT molecular complexity index is 1060. The predicted molar refractivity (Wildman–Crippen MR) is 154 cm³/mol. The number of aliphatic imine (C=N–C) groups is 2. The zero-order chi connectivity index (χ0) is 30.4. The molecule has 0 bridgehead atoms. The van der Waals surface area contributed by atoms with Crippen molar-refractivity contribution in [2.75, 3.05) is 6.67 Å². The Balaban J connectivity index is 0. The van der Waals surface area contributed by atoms with Crippen molar-refractivity contribution in [2.45, 2.75) is 92.9 Å². The summed E-state index contributed by atoms with van der Waals surface area (Å²) in [6, 6.07) is 8.14. The SMILES string of the molecule is CC(=O)[O-].CC(=O)[O-].CC(C)c1cc(C=NCN=Cc2cc(C(C)C)cc(C(C)C)c2O)c(O)c(C(C)C)c1.[Co+2]. The van der Waals surface area contributed by atoms with Crippen LogP contribution in [-0.2, 0) is 26.4 Å². The number of phenols is 2. The topological polar surface area (TPSA) is 145 Å². The van der Waals surface area contributed by atoms with Gasteiger partial charge in [-0.2, -0.15) is 0 Å². The van der Waals surface area contributed by atoms with Gasteiger partial charge in [0.15, 0.2) is 0 Å². The van der Waals surface area contributed by atoms with Gasteiger partial charge in [-0.1, -0.05) is 67.5 Å². The molecule has 0 heterocycles. The first-order valence-corrected chi connectivity index (χ1v) is 13.1. The number of hydrogen-bond donors (Lipinski definition) is 2. The molecule has 0 fully saturated rings. The van der Waals surface area contributed by atoms with Crippen LogP contribution in [0, 0.1) is 0 Å². The summed E-state index contributed by atoms with van der Waals surface area (Å²) >= 11 is 0. The molecule has 223 valence electrons. The van der Waals surface area contributed by atoms with E-state index in [2.05, 4.69) is 77.5 Å². The molecule has 0 saturated carbocycles. The summed E-state index contributed by atoms with van der Waals surface area (Å²) in [5, 5.41) is 39.1. The van der Waals surface area contributed by atoms with Gasteiger partial charge in [-0.15, -0.1) is 0 Å². The maximum atomic E-state index is 10.6. The maximum absolute atomic E-state index is 10.6. The maximum Gasteiger partial charge on any atom is 2.00 e. The van der Waals surface area contributed by atoms with Crippen molar-refractivity contribution < 1.29 is 46.8 Å². The molecular formula is C31H44CoN2O6. The number of aromatic hydroxyl groups is 2. The van der Waals surface area contributed by atoms with Gasteiger partial charge < -0.3 is 30.0 Å². The van der Waals surface area contributed by atoms with Gasteiger partial charge in [0.1, 0.15) is 18.2 Å². The zero-order valence-electron chi connectivity index (χ0n) is 25.2. The molecule has 8 nitrogen and oxygen atoms in total. The van der Waals surface area contributed by atoms with Crippen molar-refractivity contribution in [3.8, 4) is 11.5 Å². The van der Waals surface area contributed by atoms with Crippen LogP contribution < -0.4 is 10.2 Å². The van der Waals surface area contributed by atoms with Crippen LogP contribution >= 0.6 is 0 Å². The number of carbonyl (C=O) groups excluding carboxylic acids is 2. The van der Waals surface area contributed by atoms with Crippen LogP contribution in [-0.4, -0.2) is 41.2 Å². The molecule has 0 aromatic heterocycles. The fraction of sp³-hybridized carbons (Fsp3) is 0.484. The molecule has 9 heteroatoms. The van der Waals surface area contributed by atoms with Gasteiger partial charge in [0.05, 0.1) is 0 Å². The van der Waals surface area contributed by atoms with E-state index in [1.165, 1.54) is 11.1 Å². The third kappa shape index (κ3) is 14.3. The van der Waals surface area contributed by atoms with Crippen LogP contribution in [0.15, 0.2) is 34.3 Å². The molecule has 0 amide bonds. The summed E-state index contributed by atoms with van der Waals surface area (Å²) < 4.78 is 0. The molecule has 1 radical (unpaired) electrons. The average molecular weight is 600 g/mol. The largest absolute Gasteiger partial charge is 2.00 e. The fourth-order valence-electron chi connectivity index (χ4n) is 3.48. The second-order valence-corrected chi connectivity index (χ2v) is 10.5. The first kappa shape index (κ1) is 39.0. The van der Waals surface area contributed by atoms with E-state index in [0.29, 0.717) is 11.8 Å². The first-order chi connectivity index (χ1) is 18.0. The molecule has 40 heavy (non-hydrogen) atoms. The monoisotopic (exact) mass is 599 g/mol. The molecule has 2 aromatic carbocycles. The minimum Gasteiger partial charge on any atom is -0.550 e. The first-order valence-electron chi connectivity index (χ1n) is 13.1. The van der Waals surface area contributed by atoms with Crippen molar-refractivity contribution in [1.82, 2.24) is 0 Å². The second kappa shape index (κ2) is 19.0. The molecule has 2 rings (SSSR count). The zero-order valence-corrected chi connectivity index (χ0v) is 26.3. The van der Waals surface area contributed by atoms with Crippen LogP contribution in [0.2, 0.25) is 0 Å². The molecule has 0 spiro atoms. The normalized spacial score (nSPS) is 10.9. The van der Waals surface area contributed by atoms with E-state index in [1.807, 2.05) is 12.1 Å². The minimum absolute atomic E-state index is 0. The van der Waals surface area contributed by atoms with Crippen molar-refractivity contribution in [1.29, 1.82) is 0 Å². The number of rotatable bonds is 8. The van der Waals surface area contributed by atoms with Gasteiger partial charge in [0.25, 0.3) is 0 Å². The Morgan fingerprint density at radius 2 is 0.950 bits per heavy atom. The van der Waals surface area contributed by atoms with Crippen LogP contribution in [0.5, 0.6) is 11.5 Å². The molecular weight excluding hydrogens is 555 g/mol. The van der Waals surface area contributed by atoms with Crippen LogP contribution in [0.25, 0.3) is 0 Å². The van der Waals surface area contributed by atoms with Gasteiger partial charge in [0, 0.05) is 35.5 Å². The Morgan fingerprint density at radius 1 is 0.675 bits per heavy atom. The third-order valence-electron chi connectivity index (χ3n) is 5.58. The fourth-order valence-corrected chi connectivity index (χ4v) is 3.48. The van der Waals surface area contributed by atoms with E-state index < -0.39 is 11.9 Å². The number of nitrogens with zero attached hydrogens (tertiary/aromatic N) is 2. The molecule has 0 unspecified atom stereocenters. The summed E-state index contributed by atoms with van der Waals surface area (Å²) in [4.78, 5) is 26.6. The molecule has 0 saturated heterocycles. The molecule has 2 N–H and O–H groups in total. The predicted octanol–water partition coefficient (Wildman–Crippen LogP) is 4.60. The van der Waals surface area contributed by atoms with E-state index in [0.717, 1.165) is 36.1 Å². The second-order valence-electron chi connectivity index (χ2n) is 10.5. The number of hydrogen-bond acceptors (Lipinski definition) is 8. The van der Waals surface area contributed by atoms with Gasteiger partial charge in [0.2, 0.25) is 0 Å². The third-order valence-corrected chi connectivity index (χ3v) is 5.58. The van der Waals surface area contributed by atoms with Gasteiger partial charge in [-0.3, -0.25) is 9.98 Å². The van der Waals surface area contributed by atoms with E-state index in [1.54, 1.807) is 12.4 Å². The Hall–Kier alpha value is -3.17. The van der Waals surface area contributed by atoms with E-state index in [-0.39, 0.29) is 46.8 Å². The number of carboxylic acids is 2. The number of carbonyl (C=O) groups is 2. The van der Waals surface area contributed by atoms with Crippen molar-refractivity contribution in [3.63, 3.8) is 0 Å². The van der Waals surface area contributed by atoms with E-state index >= 15 is 0 Å². The standard InChI is InChI=1S/C27H38N2O2.2C2H4O2.Co/c1-16(2)20-9-22(26(30)24(11-20)18(5)6)13-28-15-29-14-23-10-21(17(3)4)12-25(19(7)8)27(23)31;2*1-2(3)4;/h9-14,16-19,30-31H,15H2,1-8H3;2*1H3,(H,3,4);/q;;;+2/p-2. The van der Waals surface area contributed by atoms with E-state index in [4.69, 9.17) is 19.8 Å². The Labute approximate surface area is 249 Å². The van der Waals surface area contributed by atoms with Crippen LogP contribution in [0.1, 0.15) is 126 Å². The molecule has 0 atom stereocenters. The summed E-state index contributed by atoms with van der Waals surface area (Å²) in [7, 11) is 0. The van der Waals surface area contributed by atoms with Crippen molar-refractivity contribution in [3.05, 3.63) is 57.6 Å². The summed E-state index contributed by atoms with van der Waals surface area (Å²) in [5.74, 6) is -0.387. The van der Waals surface area contributed by atoms with E-state index in [9.17, 15) is 10.2 Å². The van der Waals surface area contributed by atoms with Gasteiger partial charge >= 0.3 is 16.8 Å². The summed E-state index contributed by atoms with van der Waals surface area (Å²) in [6.07, 6.45) is 3.38. The van der Waals surface area contributed by atoms with Gasteiger partial charge in [-0.25, -0.2) is 0 Å².